The third-order valence-corrected chi connectivity index (χ3v) is 3.32. The Morgan fingerprint density at radius 3 is 2.75 bits per heavy atom. The molecule has 0 aliphatic carbocycles. The van der Waals surface area contributed by atoms with Gasteiger partial charge in [0.05, 0.1) is 6.33 Å². The van der Waals surface area contributed by atoms with Crippen molar-refractivity contribution >= 4 is 17.3 Å². The molecule has 0 saturated heterocycles. The first-order valence-corrected chi connectivity index (χ1v) is 6.59. The molecule has 20 heavy (non-hydrogen) atoms. The zero-order valence-electron chi connectivity index (χ0n) is 11.5. The SMILES string of the molecule is Cc1cc(Oc2nc[nH]c(=O)c2Cl)c(C(C)C)cc1N. The Bertz CT molecular complexity index is 695. The van der Waals surface area contributed by atoms with Crippen molar-refractivity contribution in [1.82, 2.24) is 9.97 Å². The predicted octanol–water partition coefficient (Wildman–Crippen LogP) is 3.23. The van der Waals surface area contributed by atoms with Crippen LogP contribution in [0.3, 0.4) is 0 Å². The fourth-order valence-electron chi connectivity index (χ4n) is 1.80. The van der Waals surface area contributed by atoms with Crippen LogP contribution in [0.25, 0.3) is 0 Å². The molecule has 2 aromatic rings. The molecule has 6 heteroatoms. The number of aryl methyl sites for hydroxylation is 1. The highest BCUT2D eigenvalue weighted by Crippen LogP contribution is 2.34. The number of H-pyrrole nitrogens is 1. The summed E-state index contributed by atoms with van der Waals surface area (Å²) in [7, 11) is 0. The lowest BCUT2D eigenvalue weighted by Crippen LogP contribution is -2.08. The van der Waals surface area contributed by atoms with Crippen LogP contribution in [0.1, 0.15) is 30.9 Å². The Morgan fingerprint density at radius 2 is 2.10 bits per heavy atom. The molecule has 0 fully saturated rings. The summed E-state index contributed by atoms with van der Waals surface area (Å²) in [5.41, 5.74) is 8.02. The second kappa shape index (κ2) is 5.54. The second-order valence-electron chi connectivity index (χ2n) is 4.85. The molecule has 0 amide bonds. The van der Waals surface area contributed by atoms with Gasteiger partial charge in [-0.05, 0) is 36.1 Å². The minimum atomic E-state index is -0.435. The van der Waals surface area contributed by atoms with Gasteiger partial charge in [-0.25, -0.2) is 4.98 Å². The van der Waals surface area contributed by atoms with Crippen molar-refractivity contribution < 1.29 is 4.74 Å². The van der Waals surface area contributed by atoms with Crippen molar-refractivity contribution in [3.05, 3.63) is 45.0 Å². The average molecular weight is 294 g/mol. The summed E-state index contributed by atoms with van der Waals surface area (Å²) in [6.45, 7) is 5.95. The van der Waals surface area contributed by atoms with Gasteiger partial charge in [0, 0.05) is 5.69 Å². The molecule has 0 aliphatic heterocycles. The van der Waals surface area contributed by atoms with Crippen LogP contribution in [0.15, 0.2) is 23.3 Å². The van der Waals surface area contributed by atoms with E-state index in [1.165, 1.54) is 6.33 Å². The molecule has 2 rings (SSSR count). The van der Waals surface area contributed by atoms with Crippen molar-refractivity contribution in [2.24, 2.45) is 0 Å². The minimum absolute atomic E-state index is 0.0725. The van der Waals surface area contributed by atoms with Crippen LogP contribution in [0.2, 0.25) is 5.02 Å². The molecule has 0 atom stereocenters. The van der Waals surface area contributed by atoms with E-state index in [-0.39, 0.29) is 16.8 Å². The third-order valence-electron chi connectivity index (χ3n) is 2.99. The van der Waals surface area contributed by atoms with Crippen LogP contribution in [0.5, 0.6) is 11.6 Å². The van der Waals surface area contributed by atoms with Crippen molar-refractivity contribution in [2.75, 3.05) is 5.73 Å². The van der Waals surface area contributed by atoms with Crippen LogP contribution >= 0.6 is 11.6 Å². The molecule has 0 saturated carbocycles. The highest BCUT2D eigenvalue weighted by Gasteiger charge is 2.14. The summed E-state index contributed by atoms with van der Waals surface area (Å²) < 4.78 is 5.70. The third kappa shape index (κ3) is 2.77. The van der Waals surface area contributed by atoms with Crippen LogP contribution in [0.4, 0.5) is 5.69 Å². The van der Waals surface area contributed by atoms with Gasteiger partial charge in [-0.3, -0.25) is 4.79 Å². The lowest BCUT2D eigenvalue weighted by molar-refractivity contribution is 0.452. The maximum atomic E-state index is 11.4. The molecule has 3 N–H and O–H groups in total. The first-order chi connectivity index (χ1) is 9.40. The maximum absolute atomic E-state index is 11.4. The van der Waals surface area contributed by atoms with Gasteiger partial charge in [0.1, 0.15) is 5.75 Å². The molecule has 0 bridgehead atoms. The van der Waals surface area contributed by atoms with Gasteiger partial charge in [0.25, 0.3) is 5.56 Å². The normalized spacial score (nSPS) is 10.8. The summed E-state index contributed by atoms with van der Waals surface area (Å²) in [5, 5.41) is -0.0725. The van der Waals surface area contributed by atoms with E-state index >= 15 is 0 Å². The number of nitrogens with two attached hydrogens (primary N) is 1. The van der Waals surface area contributed by atoms with Gasteiger partial charge in [-0.15, -0.1) is 0 Å². The maximum Gasteiger partial charge on any atom is 0.273 e. The Labute approximate surface area is 121 Å². The number of aromatic nitrogens is 2. The number of nitrogens with zero attached hydrogens (tertiary/aromatic N) is 1. The first-order valence-electron chi connectivity index (χ1n) is 6.21. The number of nitrogens with one attached hydrogen (secondary N) is 1. The summed E-state index contributed by atoms with van der Waals surface area (Å²) in [6, 6.07) is 3.69. The molecule has 1 aromatic heterocycles. The Kier molecular flexibility index (Phi) is 3.99. The Morgan fingerprint density at radius 1 is 1.40 bits per heavy atom. The molecule has 1 aromatic carbocycles. The lowest BCUT2D eigenvalue weighted by Gasteiger charge is -2.15. The zero-order valence-corrected chi connectivity index (χ0v) is 12.3. The monoisotopic (exact) mass is 293 g/mol. The molecule has 0 unspecified atom stereocenters. The van der Waals surface area contributed by atoms with Crippen LogP contribution in [0, 0.1) is 6.92 Å². The van der Waals surface area contributed by atoms with Crippen LogP contribution in [-0.4, -0.2) is 9.97 Å². The molecule has 0 aliphatic rings. The number of nitrogen functional groups attached to an aromatic ring is 1. The van der Waals surface area contributed by atoms with Gasteiger partial charge < -0.3 is 15.5 Å². The van der Waals surface area contributed by atoms with Crippen molar-refractivity contribution in [3.63, 3.8) is 0 Å². The quantitative estimate of drug-likeness (QED) is 0.851. The fraction of sp³-hybridized carbons (Fsp3) is 0.286. The number of hydrogen-bond acceptors (Lipinski definition) is 4. The zero-order chi connectivity index (χ0) is 14.9. The van der Waals surface area contributed by atoms with E-state index in [1.54, 1.807) is 0 Å². The second-order valence-corrected chi connectivity index (χ2v) is 5.23. The van der Waals surface area contributed by atoms with Crippen molar-refractivity contribution in [2.45, 2.75) is 26.7 Å². The van der Waals surface area contributed by atoms with Crippen LogP contribution < -0.4 is 16.0 Å². The number of hydrogen-bond donors (Lipinski definition) is 2. The van der Waals surface area contributed by atoms with E-state index in [0.717, 1.165) is 11.1 Å². The molecular formula is C14H16ClN3O2. The Hall–Kier alpha value is -2.01. The fourth-order valence-corrected chi connectivity index (χ4v) is 1.94. The van der Waals surface area contributed by atoms with Gasteiger partial charge in [0.2, 0.25) is 5.88 Å². The van der Waals surface area contributed by atoms with Gasteiger partial charge in [-0.1, -0.05) is 25.4 Å². The lowest BCUT2D eigenvalue weighted by atomic mass is 9.99. The number of benzene rings is 1. The largest absolute Gasteiger partial charge is 0.437 e. The molecule has 0 spiro atoms. The number of aromatic amines is 1. The highest BCUT2D eigenvalue weighted by molar-refractivity contribution is 6.31. The topological polar surface area (TPSA) is 81.0 Å². The predicted molar refractivity (Wildman–Crippen MR) is 79.6 cm³/mol. The first kappa shape index (κ1) is 14.4. The van der Waals surface area contributed by atoms with Gasteiger partial charge in [0.15, 0.2) is 5.02 Å². The van der Waals surface area contributed by atoms with E-state index in [9.17, 15) is 4.79 Å². The van der Waals surface area contributed by atoms with E-state index < -0.39 is 5.56 Å². The molecule has 106 valence electrons. The van der Waals surface area contributed by atoms with Crippen molar-refractivity contribution in [3.8, 4) is 11.6 Å². The summed E-state index contributed by atoms with van der Waals surface area (Å²) in [4.78, 5) is 17.8. The van der Waals surface area contributed by atoms with E-state index in [1.807, 2.05) is 32.9 Å². The Balaban J connectivity index is 2.50. The van der Waals surface area contributed by atoms with E-state index in [4.69, 9.17) is 22.1 Å². The molecule has 1 heterocycles. The number of halogens is 1. The number of ether oxygens (including phenoxy) is 1. The minimum Gasteiger partial charge on any atom is -0.437 e. The smallest absolute Gasteiger partial charge is 0.273 e. The molecular weight excluding hydrogens is 278 g/mol. The standard InChI is InChI=1S/C14H16ClN3O2/c1-7(2)9-5-10(16)8(3)4-11(9)20-14-12(15)13(19)17-6-18-14/h4-7H,16H2,1-3H3,(H,17,18,19). The van der Waals surface area contributed by atoms with Gasteiger partial charge >= 0.3 is 0 Å². The number of anilines is 1. The summed E-state index contributed by atoms with van der Waals surface area (Å²) >= 11 is 5.89. The van der Waals surface area contributed by atoms with Gasteiger partial charge in [-0.2, -0.15) is 0 Å². The van der Waals surface area contributed by atoms with Crippen LogP contribution in [-0.2, 0) is 0 Å². The van der Waals surface area contributed by atoms with E-state index in [2.05, 4.69) is 9.97 Å². The summed E-state index contributed by atoms with van der Waals surface area (Å²) in [5.74, 6) is 0.905. The summed E-state index contributed by atoms with van der Waals surface area (Å²) in [6.07, 6.45) is 1.25. The number of rotatable bonds is 3. The van der Waals surface area contributed by atoms with E-state index in [0.29, 0.717) is 11.4 Å². The molecule has 5 nitrogen and oxygen atoms in total. The molecule has 0 radical (unpaired) electrons. The highest BCUT2D eigenvalue weighted by atomic mass is 35.5. The van der Waals surface area contributed by atoms with Crippen molar-refractivity contribution in [1.29, 1.82) is 0 Å². The average Bonchev–Trinajstić information content (AvgIpc) is 2.38.